The Labute approximate surface area is 155 Å². The van der Waals surface area contributed by atoms with Crippen molar-refractivity contribution in [3.05, 3.63) is 16.1 Å². The number of hydrogen-bond acceptors (Lipinski definition) is 5. The second kappa shape index (κ2) is 10.7. The van der Waals surface area contributed by atoms with Gasteiger partial charge in [0.2, 0.25) is 0 Å². The smallest absolute Gasteiger partial charge is 0.377 e. The average Bonchev–Trinajstić information content (AvgIpc) is 3.25. The molecule has 2 heterocycles. The number of rotatable bonds is 9. The van der Waals surface area contributed by atoms with Crippen LogP contribution in [0.1, 0.15) is 30.5 Å². The third-order valence-corrected chi connectivity index (χ3v) is 4.56. The predicted octanol–water partition coefficient (Wildman–Crippen LogP) is 2.46. The minimum Gasteiger partial charge on any atom is -0.377 e. The standard InChI is InChI=1S/C16H25F3N4O2S/c1-2-20-15(22-7-9-24-10-12-4-3-8-25-12)21-6-5-14-23-13(11-26-14)16(17,18)19/h11-12H,2-10H2,1H3,(H2,20,21,22). The lowest BCUT2D eigenvalue weighted by atomic mass is 10.2. The number of aromatic nitrogens is 1. The molecule has 0 saturated carbocycles. The molecule has 0 aromatic carbocycles. The second-order valence-corrected chi connectivity index (χ2v) is 6.71. The number of nitrogens with one attached hydrogen (secondary N) is 2. The lowest BCUT2D eigenvalue weighted by molar-refractivity contribution is -0.140. The van der Waals surface area contributed by atoms with Crippen molar-refractivity contribution in [1.82, 2.24) is 15.6 Å². The molecular weight excluding hydrogens is 369 g/mol. The summed E-state index contributed by atoms with van der Waals surface area (Å²) < 4.78 is 48.6. The molecule has 1 aromatic rings. The van der Waals surface area contributed by atoms with Gasteiger partial charge in [-0.3, -0.25) is 4.99 Å². The van der Waals surface area contributed by atoms with Crippen LogP contribution in [0.4, 0.5) is 13.2 Å². The van der Waals surface area contributed by atoms with E-state index in [-0.39, 0.29) is 6.10 Å². The summed E-state index contributed by atoms with van der Waals surface area (Å²) in [6, 6.07) is 0. The van der Waals surface area contributed by atoms with Gasteiger partial charge < -0.3 is 20.1 Å². The molecule has 1 saturated heterocycles. The molecule has 1 aliphatic rings. The number of alkyl halides is 3. The molecule has 1 atom stereocenters. The maximum atomic E-state index is 12.5. The molecule has 0 bridgehead atoms. The van der Waals surface area contributed by atoms with Crippen LogP contribution in [0.3, 0.4) is 0 Å². The molecule has 0 radical (unpaired) electrons. The van der Waals surface area contributed by atoms with Gasteiger partial charge in [0.15, 0.2) is 11.7 Å². The molecule has 0 spiro atoms. The van der Waals surface area contributed by atoms with Crippen LogP contribution in [-0.2, 0) is 22.1 Å². The largest absolute Gasteiger partial charge is 0.434 e. The monoisotopic (exact) mass is 394 g/mol. The van der Waals surface area contributed by atoms with E-state index in [9.17, 15) is 13.2 Å². The number of ether oxygens (including phenoxy) is 2. The molecule has 1 aliphatic heterocycles. The van der Waals surface area contributed by atoms with Crippen molar-refractivity contribution in [2.24, 2.45) is 4.99 Å². The predicted molar refractivity (Wildman–Crippen MR) is 94.6 cm³/mol. The molecule has 1 unspecified atom stereocenters. The lowest BCUT2D eigenvalue weighted by Gasteiger charge is -2.11. The van der Waals surface area contributed by atoms with Crippen molar-refractivity contribution < 1.29 is 22.6 Å². The van der Waals surface area contributed by atoms with Crippen molar-refractivity contribution in [3.8, 4) is 0 Å². The summed E-state index contributed by atoms with van der Waals surface area (Å²) >= 11 is 1.01. The highest BCUT2D eigenvalue weighted by Crippen LogP contribution is 2.29. The Bertz CT molecular complexity index is 560. The number of aliphatic imine (C=N–C) groups is 1. The van der Waals surface area contributed by atoms with E-state index in [1.165, 1.54) is 0 Å². The first-order valence-corrected chi connectivity index (χ1v) is 9.60. The van der Waals surface area contributed by atoms with Crippen LogP contribution in [0.25, 0.3) is 0 Å². The third kappa shape index (κ3) is 7.46. The average molecular weight is 394 g/mol. The van der Waals surface area contributed by atoms with E-state index in [2.05, 4.69) is 20.6 Å². The summed E-state index contributed by atoms with van der Waals surface area (Å²) in [5.41, 5.74) is -0.832. The zero-order chi connectivity index (χ0) is 18.8. The fourth-order valence-corrected chi connectivity index (χ4v) is 3.20. The number of thiazole rings is 1. The second-order valence-electron chi connectivity index (χ2n) is 5.77. The summed E-state index contributed by atoms with van der Waals surface area (Å²) in [6.07, 6.45) is -1.65. The fraction of sp³-hybridized carbons (Fsp3) is 0.750. The minimum absolute atomic E-state index is 0.199. The Hall–Kier alpha value is -1.39. The molecule has 0 aliphatic carbocycles. The van der Waals surface area contributed by atoms with Crippen LogP contribution in [-0.4, -0.2) is 56.5 Å². The molecule has 0 amide bonds. The Morgan fingerprint density at radius 1 is 1.46 bits per heavy atom. The van der Waals surface area contributed by atoms with Crippen molar-refractivity contribution in [1.29, 1.82) is 0 Å². The number of hydrogen-bond donors (Lipinski definition) is 2. The van der Waals surface area contributed by atoms with Gasteiger partial charge in [-0.25, -0.2) is 4.98 Å². The maximum absolute atomic E-state index is 12.5. The van der Waals surface area contributed by atoms with E-state index in [1.54, 1.807) is 0 Å². The Morgan fingerprint density at radius 3 is 2.96 bits per heavy atom. The fourth-order valence-electron chi connectivity index (χ4n) is 2.40. The number of guanidine groups is 1. The molecule has 1 fully saturated rings. The molecule has 26 heavy (non-hydrogen) atoms. The van der Waals surface area contributed by atoms with E-state index < -0.39 is 11.9 Å². The van der Waals surface area contributed by atoms with Crippen LogP contribution >= 0.6 is 11.3 Å². The highest BCUT2D eigenvalue weighted by molar-refractivity contribution is 7.09. The van der Waals surface area contributed by atoms with E-state index >= 15 is 0 Å². The quantitative estimate of drug-likeness (QED) is 0.383. The highest BCUT2D eigenvalue weighted by Gasteiger charge is 2.33. The van der Waals surface area contributed by atoms with Crippen molar-refractivity contribution >= 4 is 17.3 Å². The van der Waals surface area contributed by atoms with Crippen LogP contribution in [0.2, 0.25) is 0 Å². The summed E-state index contributed by atoms with van der Waals surface area (Å²) in [6.45, 7) is 5.48. The van der Waals surface area contributed by atoms with Crippen LogP contribution in [0.5, 0.6) is 0 Å². The summed E-state index contributed by atoms with van der Waals surface area (Å²) in [4.78, 5) is 7.99. The molecule has 10 heteroatoms. The first-order valence-electron chi connectivity index (χ1n) is 8.72. The lowest BCUT2D eigenvalue weighted by Crippen LogP contribution is -2.38. The summed E-state index contributed by atoms with van der Waals surface area (Å²) in [5.74, 6) is 0.612. The van der Waals surface area contributed by atoms with Crippen molar-refractivity contribution in [2.45, 2.75) is 38.5 Å². The van der Waals surface area contributed by atoms with Crippen molar-refractivity contribution in [2.75, 3.05) is 39.5 Å². The van der Waals surface area contributed by atoms with E-state index in [0.29, 0.717) is 50.2 Å². The first-order chi connectivity index (χ1) is 12.5. The third-order valence-electron chi connectivity index (χ3n) is 3.65. The molecule has 6 nitrogen and oxygen atoms in total. The molecular formula is C16H25F3N4O2S. The van der Waals surface area contributed by atoms with Gasteiger partial charge in [0.05, 0.1) is 30.9 Å². The molecule has 2 N–H and O–H groups in total. The maximum Gasteiger partial charge on any atom is 0.434 e. The van der Waals surface area contributed by atoms with Gasteiger partial charge in [-0.15, -0.1) is 11.3 Å². The van der Waals surface area contributed by atoms with Crippen molar-refractivity contribution in [3.63, 3.8) is 0 Å². The van der Waals surface area contributed by atoms with Crippen LogP contribution in [0.15, 0.2) is 10.4 Å². The first kappa shape index (κ1) is 20.9. The van der Waals surface area contributed by atoms with Gasteiger partial charge in [0.1, 0.15) is 0 Å². The van der Waals surface area contributed by atoms with E-state index in [1.807, 2.05) is 6.92 Å². The summed E-state index contributed by atoms with van der Waals surface area (Å²) in [7, 11) is 0. The summed E-state index contributed by atoms with van der Waals surface area (Å²) in [5, 5.41) is 7.67. The Morgan fingerprint density at radius 2 is 2.31 bits per heavy atom. The van der Waals surface area contributed by atoms with Gasteiger partial charge in [0.25, 0.3) is 0 Å². The SMILES string of the molecule is CCNC(=NCCOCC1CCCO1)NCCc1nc(C(F)(F)F)cs1. The van der Waals surface area contributed by atoms with Gasteiger partial charge in [-0.05, 0) is 19.8 Å². The normalized spacial score (nSPS) is 18.3. The van der Waals surface area contributed by atoms with Gasteiger partial charge in [0, 0.05) is 31.5 Å². The number of nitrogens with zero attached hydrogens (tertiary/aromatic N) is 2. The van der Waals surface area contributed by atoms with Crippen LogP contribution in [0, 0.1) is 0 Å². The Balaban J connectivity index is 1.66. The van der Waals surface area contributed by atoms with E-state index in [0.717, 1.165) is 36.2 Å². The Kier molecular flexibility index (Phi) is 8.60. The molecule has 148 valence electrons. The zero-order valence-electron chi connectivity index (χ0n) is 14.8. The molecule has 2 rings (SSSR count). The topological polar surface area (TPSA) is 67.8 Å². The van der Waals surface area contributed by atoms with E-state index in [4.69, 9.17) is 9.47 Å². The van der Waals surface area contributed by atoms with Gasteiger partial charge in [-0.2, -0.15) is 13.2 Å². The van der Waals surface area contributed by atoms with Gasteiger partial charge >= 0.3 is 6.18 Å². The highest BCUT2D eigenvalue weighted by atomic mass is 32.1. The zero-order valence-corrected chi connectivity index (χ0v) is 15.6. The van der Waals surface area contributed by atoms with Crippen LogP contribution < -0.4 is 10.6 Å². The van der Waals surface area contributed by atoms with Gasteiger partial charge in [-0.1, -0.05) is 0 Å². The minimum atomic E-state index is -4.39. The number of halogens is 3. The molecule has 1 aromatic heterocycles.